The van der Waals surface area contributed by atoms with Gasteiger partial charge in [0.15, 0.2) is 0 Å². The summed E-state index contributed by atoms with van der Waals surface area (Å²) in [5.74, 6) is 1.72. The van der Waals surface area contributed by atoms with Crippen LogP contribution in [0.5, 0.6) is 0 Å². The van der Waals surface area contributed by atoms with Crippen LogP contribution in [0.15, 0.2) is 61.1 Å². The summed E-state index contributed by atoms with van der Waals surface area (Å²) in [4.78, 5) is 23.0. The van der Waals surface area contributed by atoms with Crippen LogP contribution in [0.1, 0.15) is 17.7 Å². The van der Waals surface area contributed by atoms with E-state index in [0.29, 0.717) is 12.3 Å². The monoisotopic (exact) mass is 360 g/mol. The SMILES string of the molecule is Cc1cnc(-c2ccncc2)n1CC1CN(C(=O)CCc2ccccc2)C1. The number of pyridine rings is 1. The number of imidazole rings is 1. The van der Waals surface area contributed by atoms with Gasteiger partial charge in [0.05, 0.1) is 0 Å². The third kappa shape index (κ3) is 3.92. The van der Waals surface area contributed by atoms with Gasteiger partial charge in [0.25, 0.3) is 0 Å². The van der Waals surface area contributed by atoms with E-state index >= 15 is 0 Å². The number of aromatic nitrogens is 3. The summed E-state index contributed by atoms with van der Waals surface area (Å²) in [6.45, 7) is 4.65. The Hall–Kier alpha value is -2.95. The maximum absolute atomic E-state index is 12.4. The minimum atomic E-state index is 0.256. The second-order valence-corrected chi connectivity index (χ2v) is 7.22. The molecule has 3 aromatic rings. The molecule has 0 bridgehead atoms. The van der Waals surface area contributed by atoms with Crippen molar-refractivity contribution in [2.45, 2.75) is 26.3 Å². The van der Waals surface area contributed by atoms with Gasteiger partial charge in [-0.1, -0.05) is 30.3 Å². The molecule has 2 aromatic heterocycles. The minimum Gasteiger partial charge on any atom is -0.342 e. The van der Waals surface area contributed by atoms with Crippen molar-refractivity contribution in [3.8, 4) is 11.4 Å². The van der Waals surface area contributed by atoms with E-state index in [-0.39, 0.29) is 5.91 Å². The van der Waals surface area contributed by atoms with Gasteiger partial charge in [-0.05, 0) is 31.0 Å². The first-order valence-electron chi connectivity index (χ1n) is 9.45. The maximum atomic E-state index is 12.4. The molecule has 0 N–H and O–H groups in total. The van der Waals surface area contributed by atoms with Crippen LogP contribution in [-0.2, 0) is 17.8 Å². The third-order valence-electron chi connectivity index (χ3n) is 5.21. The molecular weight excluding hydrogens is 336 g/mol. The molecule has 0 spiro atoms. The number of nitrogens with zero attached hydrogens (tertiary/aromatic N) is 4. The van der Waals surface area contributed by atoms with Crippen LogP contribution in [0.4, 0.5) is 0 Å². The van der Waals surface area contributed by atoms with Crippen LogP contribution in [0, 0.1) is 12.8 Å². The Morgan fingerprint density at radius 2 is 1.85 bits per heavy atom. The summed E-state index contributed by atoms with van der Waals surface area (Å²) < 4.78 is 2.26. The molecule has 0 radical (unpaired) electrons. The first-order valence-corrected chi connectivity index (χ1v) is 9.45. The number of benzene rings is 1. The van der Waals surface area contributed by atoms with Gasteiger partial charge in [-0.15, -0.1) is 0 Å². The number of hydrogen-bond donors (Lipinski definition) is 0. The van der Waals surface area contributed by atoms with E-state index in [4.69, 9.17) is 0 Å². The molecule has 5 nitrogen and oxygen atoms in total. The van der Waals surface area contributed by atoms with Gasteiger partial charge < -0.3 is 9.47 Å². The van der Waals surface area contributed by atoms with Crippen molar-refractivity contribution in [3.63, 3.8) is 0 Å². The normalized spacial score (nSPS) is 14.2. The molecule has 1 aromatic carbocycles. The van der Waals surface area contributed by atoms with Gasteiger partial charge in [0, 0.05) is 61.8 Å². The van der Waals surface area contributed by atoms with Crippen molar-refractivity contribution < 1.29 is 4.79 Å². The third-order valence-corrected chi connectivity index (χ3v) is 5.21. The molecule has 3 heterocycles. The van der Waals surface area contributed by atoms with Crippen LogP contribution >= 0.6 is 0 Å². The van der Waals surface area contributed by atoms with Gasteiger partial charge in [-0.25, -0.2) is 4.98 Å². The second-order valence-electron chi connectivity index (χ2n) is 7.22. The summed E-state index contributed by atoms with van der Waals surface area (Å²) in [6.07, 6.45) is 6.90. The topological polar surface area (TPSA) is 51.0 Å². The fourth-order valence-corrected chi connectivity index (χ4v) is 3.62. The molecule has 27 heavy (non-hydrogen) atoms. The Bertz CT molecular complexity index is 899. The summed E-state index contributed by atoms with van der Waals surface area (Å²) in [5, 5.41) is 0. The number of carbonyl (C=O) groups is 1. The van der Waals surface area contributed by atoms with Crippen molar-refractivity contribution in [2.24, 2.45) is 5.92 Å². The predicted octanol–water partition coefficient (Wildman–Crippen LogP) is 3.34. The van der Waals surface area contributed by atoms with E-state index in [2.05, 4.69) is 33.6 Å². The first-order chi connectivity index (χ1) is 13.2. The number of likely N-dealkylation sites (tertiary alicyclic amines) is 1. The zero-order valence-corrected chi connectivity index (χ0v) is 15.6. The Morgan fingerprint density at radius 1 is 1.11 bits per heavy atom. The van der Waals surface area contributed by atoms with Crippen molar-refractivity contribution in [2.75, 3.05) is 13.1 Å². The number of carbonyl (C=O) groups excluding carboxylic acids is 1. The lowest BCUT2D eigenvalue weighted by Gasteiger charge is -2.40. The molecule has 1 saturated heterocycles. The molecule has 138 valence electrons. The number of rotatable bonds is 6. The molecule has 1 fully saturated rings. The van der Waals surface area contributed by atoms with E-state index in [1.54, 1.807) is 12.4 Å². The lowest BCUT2D eigenvalue weighted by atomic mass is 9.98. The van der Waals surface area contributed by atoms with Crippen LogP contribution in [0.3, 0.4) is 0 Å². The Labute approximate surface area is 159 Å². The molecule has 4 rings (SSSR count). The Balaban J connectivity index is 1.32. The Morgan fingerprint density at radius 3 is 2.59 bits per heavy atom. The van der Waals surface area contributed by atoms with Crippen molar-refractivity contribution >= 4 is 5.91 Å². The molecule has 0 aliphatic carbocycles. The number of aryl methyl sites for hydroxylation is 2. The molecule has 0 saturated carbocycles. The number of amides is 1. The molecule has 0 unspecified atom stereocenters. The Kier molecular flexibility index (Phi) is 5.01. The van der Waals surface area contributed by atoms with Gasteiger partial charge >= 0.3 is 0 Å². The van der Waals surface area contributed by atoms with Gasteiger partial charge in [0.1, 0.15) is 5.82 Å². The summed E-state index contributed by atoms with van der Waals surface area (Å²) >= 11 is 0. The fraction of sp³-hybridized carbons (Fsp3) is 0.318. The maximum Gasteiger partial charge on any atom is 0.222 e. The highest BCUT2D eigenvalue weighted by Crippen LogP contribution is 2.24. The summed E-state index contributed by atoms with van der Waals surface area (Å²) in [7, 11) is 0. The van der Waals surface area contributed by atoms with Gasteiger partial charge in [0.2, 0.25) is 5.91 Å². The average Bonchev–Trinajstić information content (AvgIpc) is 3.04. The summed E-state index contributed by atoms with van der Waals surface area (Å²) in [6, 6.07) is 14.2. The zero-order chi connectivity index (χ0) is 18.6. The zero-order valence-electron chi connectivity index (χ0n) is 15.6. The molecule has 5 heteroatoms. The highest BCUT2D eigenvalue weighted by molar-refractivity contribution is 5.77. The first kappa shape index (κ1) is 17.5. The van der Waals surface area contributed by atoms with Crippen molar-refractivity contribution in [1.29, 1.82) is 0 Å². The molecule has 0 atom stereocenters. The van der Waals surface area contributed by atoms with Crippen LogP contribution < -0.4 is 0 Å². The number of hydrogen-bond acceptors (Lipinski definition) is 3. The van der Waals surface area contributed by atoms with Gasteiger partial charge in [-0.2, -0.15) is 0 Å². The highest BCUT2D eigenvalue weighted by Gasteiger charge is 2.31. The second kappa shape index (κ2) is 7.74. The van der Waals surface area contributed by atoms with E-state index in [0.717, 1.165) is 43.1 Å². The smallest absolute Gasteiger partial charge is 0.222 e. The largest absolute Gasteiger partial charge is 0.342 e. The molecule has 1 aliphatic rings. The van der Waals surface area contributed by atoms with E-state index in [1.165, 1.54) is 5.56 Å². The fourth-order valence-electron chi connectivity index (χ4n) is 3.62. The van der Waals surface area contributed by atoms with Crippen LogP contribution in [0.2, 0.25) is 0 Å². The highest BCUT2D eigenvalue weighted by atomic mass is 16.2. The van der Waals surface area contributed by atoms with Crippen molar-refractivity contribution in [1.82, 2.24) is 19.4 Å². The lowest BCUT2D eigenvalue weighted by molar-refractivity contribution is -0.137. The van der Waals surface area contributed by atoms with Crippen LogP contribution in [0.25, 0.3) is 11.4 Å². The average molecular weight is 360 g/mol. The standard InChI is InChI=1S/C22H24N4O/c1-17-13-24-22(20-9-11-23-12-10-20)26(17)16-19-14-25(15-19)21(27)8-7-18-5-3-2-4-6-18/h2-6,9-13,19H,7-8,14-16H2,1H3. The molecular formula is C22H24N4O. The lowest BCUT2D eigenvalue weighted by Crippen LogP contribution is -2.51. The van der Waals surface area contributed by atoms with E-state index < -0.39 is 0 Å². The molecule has 1 amide bonds. The predicted molar refractivity (Wildman–Crippen MR) is 105 cm³/mol. The van der Waals surface area contributed by atoms with E-state index in [1.807, 2.05) is 41.4 Å². The minimum absolute atomic E-state index is 0.256. The van der Waals surface area contributed by atoms with E-state index in [9.17, 15) is 4.79 Å². The van der Waals surface area contributed by atoms with Gasteiger partial charge in [-0.3, -0.25) is 9.78 Å². The van der Waals surface area contributed by atoms with Crippen molar-refractivity contribution in [3.05, 3.63) is 72.3 Å². The quantitative estimate of drug-likeness (QED) is 0.677. The van der Waals surface area contributed by atoms with Crippen LogP contribution in [-0.4, -0.2) is 38.4 Å². The summed E-state index contributed by atoms with van der Waals surface area (Å²) in [5.41, 5.74) is 3.45. The molecule has 1 aliphatic heterocycles.